The molecule has 127 valence electrons. The minimum Gasteiger partial charge on any atom is -0.297 e. The van der Waals surface area contributed by atoms with Crippen LogP contribution in [0.25, 0.3) is 0 Å². The van der Waals surface area contributed by atoms with E-state index in [9.17, 15) is 17.6 Å². The van der Waals surface area contributed by atoms with Crippen LogP contribution >= 0.6 is 0 Å². The molecule has 0 amide bonds. The molecule has 1 atom stereocenters. The molecule has 4 nitrogen and oxygen atoms in total. The van der Waals surface area contributed by atoms with Crippen molar-refractivity contribution in [2.75, 3.05) is 0 Å². The van der Waals surface area contributed by atoms with Crippen LogP contribution in [0.1, 0.15) is 46.0 Å². The Kier molecular flexibility index (Phi) is 5.92. The summed E-state index contributed by atoms with van der Waals surface area (Å²) in [4.78, 5) is 12.6. The van der Waals surface area contributed by atoms with Crippen molar-refractivity contribution in [2.45, 2.75) is 56.9 Å². The molecule has 0 aliphatic heterocycles. The molecule has 1 aliphatic carbocycles. The average Bonchev–Trinajstić information content (AvgIpc) is 2.53. The first kappa shape index (κ1) is 18.1. The zero-order valence-electron chi connectivity index (χ0n) is 13.5. The van der Waals surface area contributed by atoms with Crippen molar-refractivity contribution in [1.82, 2.24) is 4.72 Å². The zero-order chi connectivity index (χ0) is 17.0. The van der Waals surface area contributed by atoms with Gasteiger partial charge in [0.2, 0.25) is 10.0 Å². The summed E-state index contributed by atoms with van der Waals surface area (Å²) in [5, 5.41) is 0. The molecule has 1 N–H and O–H groups in total. The fourth-order valence-electron chi connectivity index (χ4n) is 2.79. The van der Waals surface area contributed by atoms with E-state index >= 15 is 0 Å². The third-order valence-corrected chi connectivity index (χ3v) is 5.62. The van der Waals surface area contributed by atoms with E-state index in [1.165, 1.54) is 12.1 Å². The van der Waals surface area contributed by atoms with Gasteiger partial charge in [0.15, 0.2) is 5.78 Å². The molecule has 1 aliphatic rings. The number of carbonyl (C=O) groups excluding carboxylic acids is 1. The fraction of sp³-hybridized carbons (Fsp3) is 0.529. The predicted octanol–water partition coefficient (Wildman–Crippen LogP) is 3.24. The number of benzene rings is 1. The quantitative estimate of drug-likeness (QED) is 0.865. The summed E-state index contributed by atoms with van der Waals surface area (Å²) in [6, 6.07) is 3.81. The summed E-state index contributed by atoms with van der Waals surface area (Å²) in [5.41, 5.74) is 0. The maximum absolute atomic E-state index is 13.0. The Balaban J connectivity index is 2.17. The maximum atomic E-state index is 13.0. The molecule has 1 saturated carbocycles. The number of carbonyl (C=O) groups is 1. The van der Waals surface area contributed by atoms with E-state index in [2.05, 4.69) is 4.72 Å². The van der Waals surface area contributed by atoms with Crippen LogP contribution in [0.2, 0.25) is 0 Å². The van der Waals surface area contributed by atoms with Gasteiger partial charge in [-0.25, -0.2) is 17.5 Å². The van der Waals surface area contributed by atoms with Gasteiger partial charge in [0, 0.05) is 5.92 Å². The molecule has 0 heterocycles. The van der Waals surface area contributed by atoms with E-state index in [1.54, 1.807) is 0 Å². The van der Waals surface area contributed by atoms with Crippen LogP contribution < -0.4 is 4.72 Å². The largest absolute Gasteiger partial charge is 0.297 e. The molecule has 1 fully saturated rings. The summed E-state index contributed by atoms with van der Waals surface area (Å²) in [6.07, 6.45) is 4.58. The summed E-state index contributed by atoms with van der Waals surface area (Å²) >= 11 is 0. The highest BCUT2D eigenvalue weighted by atomic mass is 32.2. The number of nitrogens with one attached hydrogen (secondary N) is 1. The molecule has 0 bridgehead atoms. The van der Waals surface area contributed by atoms with Crippen LogP contribution in [0, 0.1) is 17.7 Å². The van der Waals surface area contributed by atoms with E-state index in [4.69, 9.17) is 0 Å². The monoisotopic (exact) mass is 340 g/mol. The highest BCUT2D eigenvalue weighted by molar-refractivity contribution is 7.89. The van der Waals surface area contributed by atoms with Gasteiger partial charge in [-0.15, -0.1) is 0 Å². The number of sulfonamides is 1. The number of hydrogen-bond donors (Lipinski definition) is 1. The van der Waals surface area contributed by atoms with E-state index in [0.29, 0.717) is 0 Å². The van der Waals surface area contributed by atoms with Crippen molar-refractivity contribution < 1.29 is 17.6 Å². The first-order chi connectivity index (χ1) is 10.8. The van der Waals surface area contributed by atoms with Gasteiger partial charge in [-0.1, -0.05) is 33.1 Å². The molecule has 1 aromatic carbocycles. The topological polar surface area (TPSA) is 63.2 Å². The highest BCUT2D eigenvalue weighted by Gasteiger charge is 2.33. The van der Waals surface area contributed by atoms with Gasteiger partial charge in [0.25, 0.3) is 0 Å². The molecule has 1 radical (unpaired) electrons. The average molecular weight is 340 g/mol. The molecule has 23 heavy (non-hydrogen) atoms. The van der Waals surface area contributed by atoms with Gasteiger partial charge >= 0.3 is 0 Å². The lowest BCUT2D eigenvalue weighted by molar-refractivity contribution is -0.120. The van der Waals surface area contributed by atoms with E-state index in [-0.39, 0.29) is 16.6 Å². The molecule has 0 unspecified atom stereocenters. The van der Waals surface area contributed by atoms with Crippen molar-refractivity contribution >= 4 is 15.8 Å². The Hall–Kier alpha value is -1.27. The van der Waals surface area contributed by atoms with Gasteiger partial charge in [-0.05, 0) is 43.0 Å². The van der Waals surface area contributed by atoms with Crippen molar-refractivity contribution in [1.29, 1.82) is 0 Å². The molecule has 2 rings (SSSR count). The van der Waals surface area contributed by atoms with Crippen molar-refractivity contribution in [3.05, 3.63) is 36.0 Å². The minimum absolute atomic E-state index is 0.0361. The van der Waals surface area contributed by atoms with Gasteiger partial charge in [0.1, 0.15) is 5.82 Å². The van der Waals surface area contributed by atoms with Crippen LogP contribution in [0.5, 0.6) is 0 Å². The lowest BCUT2D eigenvalue weighted by Crippen LogP contribution is -2.46. The standard InChI is InChI=1S/C17H23FNO3S/c1-12(2)16(17(20)13-6-4-3-5-7-13)19-23(21,22)15-10-8-14(18)9-11-15/h8-12,16,19H,3-7H2,1-2H3/t16-/m1/s1. The Morgan fingerprint density at radius 1 is 1.09 bits per heavy atom. The van der Waals surface area contributed by atoms with Crippen LogP contribution in [-0.2, 0) is 14.8 Å². The third-order valence-electron chi connectivity index (χ3n) is 4.16. The third kappa shape index (κ3) is 4.61. The molecule has 0 saturated heterocycles. The number of halogens is 1. The smallest absolute Gasteiger partial charge is 0.241 e. The lowest BCUT2D eigenvalue weighted by atomic mass is 9.82. The Bertz CT molecular complexity index is 634. The number of Topliss-reactive ketones (excluding diaryl/α,β-unsaturated/α-hetero) is 1. The second kappa shape index (κ2) is 7.53. The SMILES string of the molecule is CC(C)[C@@H](NS(=O)(=O)c1ccc(F)cc1)C(=O)[C]1CCCCC1. The summed E-state index contributed by atoms with van der Waals surface area (Å²) in [6.45, 7) is 3.64. The Labute approximate surface area is 137 Å². The predicted molar refractivity (Wildman–Crippen MR) is 86.7 cm³/mol. The lowest BCUT2D eigenvalue weighted by Gasteiger charge is -2.27. The summed E-state index contributed by atoms with van der Waals surface area (Å²) < 4.78 is 40.4. The minimum atomic E-state index is -3.86. The molecule has 0 aromatic heterocycles. The second-order valence-corrected chi connectivity index (χ2v) is 8.04. The molecule has 0 spiro atoms. The number of hydrogen-bond acceptors (Lipinski definition) is 3. The molecular weight excluding hydrogens is 317 g/mol. The normalized spacial score (nSPS) is 18.1. The Morgan fingerprint density at radius 2 is 1.65 bits per heavy atom. The van der Waals surface area contributed by atoms with Gasteiger partial charge in [-0.2, -0.15) is 0 Å². The number of rotatable bonds is 6. The maximum Gasteiger partial charge on any atom is 0.241 e. The Morgan fingerprint density at radius 3 is 2.17 bits per heavy atom. The van der Waals surface area contributed by atoms with Gasteiger partial charge in [-0.3, -0.25) is 4.79 Å². The number of ketones is 1. The molecular formula is C17H23FNO3S. The molecule has 6 heteroatoms. The van der Waals surface area contributed by atoms with E-state index < -0.39 is 21.9 Å². The first-order valence-corrected chi connectivity index (χ1v) is 9.46. The van der Waals surface area contributed by atoms with E-state index in [0.717, 1.165) is 50.2 Å². The van der Waals surface area contributed by atoms with Gasteiger partial charge < -0.3 is 0 Å². The van der Waals surface area contributed by atoms with Gasteiger partial charge in [0.05, 0.1) is 10.9 Å². The van der Waals surface area contributed by atoms with Crippen LogP contribution in [0.4, 0.5) is 4.39 Å². The zero-order valence-corrected chi connectivity index (χ0v) is 14.3. The molecule has 1 aromatic rings. The summed E-state index contributed by atoms with van der Waals surface area (Å²) in [7, 11) is -3.86. The summed E-state index contributed by atoms with van der Waals surface area (Å²) in [5.74, 6) is 0.0625. The van der Waals surface area contributed by atoms with Crippen LogP contribution in [-0.4, -0.2) is 20.2 Å². The van der Waals surface area contributed by atoms with Crippen molar-refractivity contribution in [3.8, 4) is 0 Å². The van der Waals surface area contributed by atoms with Crippen molar-refractivity contribution in [3.63, 3.8) is 0 Å². The van der Waals surface area contributed by atoms with E-state index in [1.807, 2.05) is 13.8 Å². The fourth-order valence-corrected chi connectivity index (χ4v) is 4.13. The van der Waals surface area contributed by atoms with Crippen LogP contribution in [0.3, 0.4) is 0 Å². The highest BCUT2D eigenvalue weighted by Crippen LogP contribution is 2.29. The second-order valence-electron chi connectivity index (χ2n) is 6.33. The first-order valence-electron chi connectivity index (χ1n) is 7.98. The van der Waals surface area contributed by atoms with Crippen LogP contribution in [0.15, 0.2) is 29.2 Å². The van der Waals surface area contributed by atoms with Crippen molar-refractivity contribution in [2.24, 2.45) is 5.92 Å².